The van der Waals surface area contributed by atoms with Crippen molar-refractivity contribution in [3.63, 3.8) is 0 Å². The van der Waals surface area contributed by atoms with Crippen LogP contribution in [0.2, 0.25) is 0 Å². The summed E-state index contributed by atoms with van der Waals surface area (Å²) in [5.74, 6) is 2.00. The molecule has 0 aliphatic carbocycles. The highest BCUT2D eigenvalue weighted by Crippen LogP contribution is 2.32. The monoisotopic (exact) mass is 340 g/mol. The molecule has 2 atom stereocenters. The number of methoxy groups -OCH3 is 1. The number of nitrogens with one attached hydrogen (secondary N) is 1. The van der Waals surface area contributed by atoms with Gasteiger partial charge in [-0.2, -0.15) is 4.98 Å². The maximum Gasteiger partial charge on any atom is 0.241 e. The number of likely N-dealkylation sites (tertiary alicyclic amines) is 1. The van der Waals surface area contributed by atoms with E-state index in [4.69, 9.17) is 9.26 Å². The van der Waals surface area contributed by atoms with Crippen LogP contribution in [0, 0.1) is 6.92 Å². The predicted octanol–water partition coefficient (Wildman–Crippen LogP) is 2.13. The average molecular weight is 340 g/mol. The summed E-state index contributed by atoms with van der Waals surface area (Å²) in [5.41, 5.74) is 1.82. The van der Waals surface area contributed by atoms with Gasteiger partial charge in [0.1, 0.15) is 11.5 Å². The zero-order valence-electron chi connectivity index (χ0n) is 14.2. The Hall–Kier alpha value is -2.58. The van der Waals surface area contributed by atoms with Crippen molar-refractivity contribution in [2.24, 2.45) is 0 Å². The molecule has 1 saturated heterocycles. The SMILES string of the molecule is CO[C@@H]1CC(c2ncc[nH]2)N(Cc2nc(-c3cc(C)ccn3)no2)C1. The molecule has 0 amide bonds. The molecule has 25 heavy (non-hydrogen) atoms. The normalized spacial score (nSPS) is 21.0. The molecule has 3 aromatic rings. The van der Waals surface area contributed by atoms with E-state index in [9.17, 15) is 0 Å². The molecule has 0 radical (unpaired) electrons. The Morgan fingerprint density at radius 1 is 1.36 bits per heavy atom. The summed E-state index contributed by atoms with van der Waals surface area (Å²) >= 11 is 0. The molecular formula is C17H20N6O2. The highest BCUT2D eigenvalue weighted by Gasteiger charge is 2.35. The number of hydrogen-bond acceptors (Lipinski definition) is 7. The van der Waals surface area contributed by atoms with Gasteiger partial charge in [-0.15, -0.1) is 0 Å². The van der Waals surface area contributed by atoms with Crippen molar-refractivity contribution in [1.29, 1.82) is 0 Å². The summed E-state index contributed by atoms with van der Waals surface area (Å²) in [6, 6.07) is 4.03. The average Bonchev–Trinajstić information content (AvgIpc) is 3.35. The molecule has 0 aromatic carbocycles. The molecule has 1 N–H and O–H groups in total. The van der Waals surface area contributed by atoms with Crippen LogP contribution in [-0.4, -0.2) is 49.8 Å². The van der Waals surface area contributed by atoms with Gasteiger partial charge in [-0.3, -0.25) is 9.88 Å². The number of ether oxygens (including phenoxy) is 1. The van der Waals surface area contributed by atoms with Gasteiger partial charge in [0.25, 0.3) is 0 Å². The van der Waals surface area contributed by atoms with E-state index in [0.29, 0.717) is 24.0 Å². The zero-order valence-corrected chi connectivity index (χ0v) is 14.2. The van der Waals surface area contributed by atoms with Gasteiger partial charge in [-0.1, -0.05) is 5.16 Å². The van der Waals surface area contributed by atoms with Crippen LogP contribution in [0.25, 0.3) is 11.5 Å². The molecule has 8 nitrogen and oxygen atoms in total. The smallest absolute Gasteiger partial charge is 0.241 e. The predicted molar refractivity (Wildman–Crippen MR) is 89.4 cm³/mol. The van der Waals surface area contributed by atoms with Gasteiger partial charge in [-0.25, -0.2) is 4.98 Å². The van der Waals surface area contributed by atoms with Crippen LogP contribution in [0.1, 0.15) is 29.7 Å². The van der Waals surface area contributed by atoms with E-state index in [1.54, 1.807) is 19.5 Å². The molecule has 1 unspecified atom stereocenters. The molecule has 0 saturated carbocycles. The lowest BCUT2D eigenvalue weighted by Crippen LogP contribution is -2.25. The van der Waals surface area contributed by atoms with E-state index >= 15 is 0 Å². The third-order valence-corrected chi connectivity index (χ3v) is 4.48. The molecule has 130 valence electrons. The summed E-state index contributed by atoms with van der Waals surface area (Å²) < 4.78 is 11.0. The van der Waals surface area contributed by atoms with Crippen molar-refractivity contribution >= 4 is 0 Å². The Morgan fingerprint density at radius 3 is 3.04 bits per heavy atom. The minimum Gasteiger partial charge on any atom is -0.380 e. The van der Waals surface area contributed by atoms with Crippen LogP contribution < -0.4 is 0 Å². The van der Waals surface area contributed by atoms with Crippen molar-refractivity contribution in [3.8, 4) is 11.5 Å². The molecule has 4 heterocycles. The number of aromatic nitrogens is 5. The highest BCUT2D eigenvalue weighted by atomic mass is 16.5. The van der Waals surface area contributed by atoms with Crippen LogP contribution in [0.4, 0.5) is 0 Å². The fourth-order valence-corrected chi connectivity index (χ4v) is 3.21. The first-order chi connectivity index (χ1) is 12.2. The van der Waals surface area contributed by atoms with Gasteiger partial charge >= 0.3 is 0 Å². The van der Waals surface area contributed by atoms with Crippen LogP contribution in [0.15, 0.2) is 35.2 Å². The van der Waals surface area contributed by atoms with Crippen molar-refractivity contribution in [1.82, 2.24) is 30.0 Å². The van der Waals surface area contributed by atoms with Crippen molar-refractivity contribution in [3.05, 3.63) is 48.0 Å². The summed E-state index contributed by atoms with van der Waals surface area (Å²) in [7, 11) is 1.74. The second-order valence-electron chi connectivity index (χ2n) is 6.24. The van der Waals surface area contributed by atoms with Gasteiger partial charge in [0.05, 0.1) is 18.7 Å². The number of imidazole rings is 1. The van der Waals surface area contributed by atoms with Crippen LogP contribution >= 0.6 is 0 Å². The molecular weight excluding hydrogens is 320 g/mol. The third-order valence-electron chi connectivity index (χ3n) is 4.48. The number of H-pyrrole nitrogens is 1. The zero-order chi connectivity index (χ0) is 17.2. The van der Waals surface area contributed by atoms with Crippen LogP contribution in [-0.2, 0) is 11.3 Å². The second kappa shape index (κ2) is 6.73. The van der Waals surface area contributed by atoms with Crippen molar-refractivity contribution < 1.29 is 9.26 Å². The Labute approximate surface area is 145 Å². The Bertz CT molecular complexity index is 831. The van der Waals surface area contributed by atoms with Gasteiger partial charge in [-0.05, 0) is 31.0 Å². The molecule has 1 aliphatic rings. The van der Waals surface area contributed by atoms with E-state index < -0.39 is 0 Å². The van der Waals surface area contributed by atoms with Gasteiger partial charge in [0, 0.05) is 32.2 Å². The second-order valence-corrected chi connectivity index (χ2v) is 6.24. The van der Waals surface area contributed by atoms with E-state index in [-0.39, 0.29) is 12.1 Å². The van der Waals surface area contributed by atoms with Gasteiger partial charge < -0.3 is 14.2 Å². The summed E-state index contributed by atoms with van der Waals surface area (Å²) in [6.45, 7) is 3.35. The van der Waals surface area contributed by atoms with E-state index in [1.165, 1.54) is 0 Å². The third kappa shape index (κ3) is 3.31. The highest BCUT2D eigenvalue weighted by molar-refractivity contribution is 5.48. The quantitative estimate of drug-likeness (QED) is 0.760. The summed E-state index contributed by atoms with van der Waals surface area (Å²) in [6.07, 6.45) is 6.39. The maximum absolute atomic E-state index is 5.54. The molecule has 1 fully saturated rings. The van der Waals surface area contributed by atoms with Crippen molar-refractivity contribution in [2.75, 3.05) is 13.7 Å². The molecule has 4 rings (SSSR count). The minimum atomic E-state index is 0.146. The number of pyridine rings is 1. The first kappa shape index (κ1) is 15.9. The van der Waals surface area contributed by atoms with E-state index in [0.717, 1.165) is 24.4 Å². The van der Waals surface area contributed by atoms with Gasteiger partial charge in [0.15, 0.2) is 0 Å². The topological polar surface area (TPSA) is 93.0 Å². The minimum absolute atomic E-state index is 0.146. The molecule has 0 spiro atoms. The maximum atomic E-state index is 5.54. The molecule has 8 heteroatoms. The summed E-state index contributed by atoms with van der Waals surface area (Å²) in [5, 5.41) is 4.07. The largest absolute Gasteiger partial charge is 0.380 e. The molecule has 0 bridgehead atoms. The lowest BCUT2D eigenvalue weighted by molar-refractivity contribution is 0.105. The van der Waals surface area contributed by atoms with E-state index in [1.807, 2.05) is 25.3 Å². The number of aryl methyl sites for hydroxylation is 1. The Balaban J connectivity index is 1.53. The standard InChI is InChI=1S/C17H20N6O2/c1-11-3-4-18-13(7-11)16-21-15(25-22-16)10-23-9-12(24-2)8-14(23)17-19-5-6-20-17/h3-7,12,14H,8-10H2,1-2H3,(H,19,20)/t12-,14?/m1/s1. The number of nitrogens with zero attached hydrogens (tertiary/aromatic N) is 5. The number of hydrogen-bond donors (Lipinski definition) is 1. The first-order valence-electron chi connectivity index (χ1n) is 8.24. The first-order valence-corrected chi connectivity index (χ1v) is 8.24. The number of rotatable bonds is 5. The van der Waals surface area contributed by atoms with Crippen LogP contribution in [0.5, 0.6) is 0 Å². The Morgan fingerprint density at radius 2 is 2.28 bits per heavy atom. The lowest BCUT2D eigenvalue weighted by atomic mass is 10.2. The molecule has 3 aromatic heterocycles. The fraction of sp³-hybridized carbons (Fsp3) is 0.412. The lowest BCUT2D eigenvalue weighted by Gasteiger charge is -2.20. The summed E-state index contributed by atoms with van der Waals surface area (Å²) in [4.78, 5) is 18.6. The fourth-order valence-electron chi connectivity index (χ4n) is 3.21. The number of aromatic amines is 1. The van der Waals surface area contributed by atoms with Gasteiger partial charge in [0.2, 0.25) is 11.7 Å². The Kier molecular flexibility index (Phi) is 4.29. The van der Waals surface area contributed by atoms with Crippen molar-refractivity contribution in [2.45, 2.75) is 32.0 Å². The van der Waals surface area contributed by atoms with E-state index in [2.05, 4.69) is 30.0 Å². The van der Waals surface area contributed by atoms with Crippen LogP contribution in [0.3, 0.4) is 0 Å². The molecule has 1 aliphatic heterocycles.